The first-order valence-corrected chi connectivity index (χ1v) is 10.9. The number of hydrogen-bond acceptors (Lipinski definition) is 5. The van der Waals surface area contributed by atoms with E-state index in [1.54, 1.807) is 22.7 Å². The van der Waals surface area contributed by atoms with Crippen molar-refractivity contribution in [2.75, 3.05) is 13.1 Å². The van der Waals surface area contributed by atoms with E-state index >= 15 is 0 Å². The summed E-state index contributed by atoms with van der Waals surface area (Å²) in [7, 11) is 0. The average molecular weight is 412 g/mol. The van der Waals surface area contributed by atoms with Gasteiger partial charge in [0.1, 0.15) is 0 Å². The third-order valence-electron chi connectivity index (χ3n) is 4.77. The van der Waals surface area contributed by atoms with E-state index in [9.17, 15) is 9.59 Å². The molecule has 1 aliphatic rings. The van der Waals surface area contributed by atoms with E-state index in [1.807, 2.05) is 36.4 Å². The monoisotopic (exact) mass is 411 g/mol. The summed E-state index contributed by atoms with van der Waals surface area (Å²) in [5.41, 5.74) is 2.27. The van der Waals surface area contributed by atoms with Crippen LogP contribution in [0.2, 0.25) is 0 Å². The van der Waals surface area contributed by atoms with Crippen LogP contribution in [-0.2, 0) is 17.8 Å². The van der Waals surface area contributed by atoms with E-state index in [-0.39, 0.29) is 18.5 Å². The van der Waals surface area contributed by atoms with Gasteiger partial charge in [0, 0.05) is 22.8 Å². The molecule has 4 rings (SSSR count). The number of benzene rings is 1. The van der Waals surface area contributed by atoms with Crippen molar-refractivity contribution < 1.29 is 9.59 Å². The van der Waals surface area contributed by atoms with Gasteiger partial charge in [0.2, 0.25) is 5.91 Å². The van der Waals surface area contributed by atoms with Gasteiger partial charge in [-0.3, -0.25) is 15.0 Å². The van der Waals surface area contributed by atoms with Crippen LogP contribution in [0.15, 0.2) is 59.3 Å². The first kappa shape index (κ1) is 18.9. The maximum absolute atomic E-state index is 12.5. The maximum Gasteiger partial charge on any atom is 0.321 e. The van der Waals surface area contributed by atoms with Crippen LogP contribution >= 0.6 is 22.7 Å². The lowest BCUT2D eigenvalue weighted by molar-refractivity contribution is -0.121. The average Bonchev–Trinajstić information content (AvgIpc) is 3.39. The fourth-order valence-corrected chi connectivity index (χ4v) is 5.27. The van der Waals surface area contributed by atoms with Gasteiger partial charge >= 0.3 is 6.03 Å². The number of nitrogens with one attached hydrogen (secondary N) is 2. The standard InChI is InChI=1S/C21H21N3O2S2/c25-19(23-21(26)22-13-15-5-2-1-3-6-15)14-24-10-8-17-16(9-12-28-17)20(24)18-7-4-11-27-18/h1-7,9,11-12,20H,8,10,13-14H2,(H2,22,23,25,26)/t20-/m1/s1. The molecule has 0 spiro atoms. The van der Waals surface area contributed by atoms with E-state index in [0.717, 1.165) is 18.5 Å². The molecule has 144 valence electrons. The minimum atomic E-state index is -0.463. The molecule has 2 N–H and O–H groups in total. The minimum Gasteiger partial charge on any atom is -0.334 e. The predicted octanol–water partition coefficient (Wildman–Crippen LogP) is 3.78. The van der Waals surface area contributed by atoms with Crippen molar-refractivity contribution in [3.63, 3.8) is 0 Å². The molecule has 3 heterocycles. The van der Waals surface area contributed by atoms with Crippen LogP contribution in [0.3, 0.4) is 0 Å². The summed E-state index contributed by atoms with van der Waals surface area (Å²) in [6.07, 6.45) is 0.933. The smallest absolute Gasteiger partial charge is 0.321 e. The topological polar surface area (TPSA) is 61.4 Å². The van der Waals surface area contributed by atoms with Crippen LogP contribution in [0, 0.1) is 0 Å². The molecule has 0 saturated heterocycles. The van der Waals surface area contributed by atoms with Crippen LogP contribution in [0.1, 0.15) is 26.9 Å². The molecule has 1 aliphatic heterocycles. The number of hydrogen-bond donors (Lipinski definition) is 2. The van der Waals surface area contributed by atoms with E-state index < -0.39 is 6.03 Å². The minimum absolute atomic E-state index is 0.0770. The Morgan fingerprint density at radius 1 is 1.04 bits per heavy atom. The normalized spacial score (nSPS) is 16.4. The summed E-state index contributed by atoms with van der Waals surface area (Å²) in [6, 6.07) is 15.5. The molecule has 0 radical (unpaired) electrons. The van der Waals surface area contributed by atoms with Gasteiger partial charge in [0.15, 0.2) is 0 Å². The number of fused-ring (bicyclic) bond motifs is 1. The predicted molar refractivity (Wildman–Crippen MR) is 113 cm³/mol. The van der Waals surface area contributed by atoms with Crippen molar-refractivity contribution >= 4 is 34.6 Å². The van der Waals surface area contributed by atoms with Gasteiger partial charge in [-0.1, -0.05) is 36.4 Å². The van der Waals surface area contributed by atoms with E-state index in [2.05, 4.69) is 38.4 Å². The van der Waals surface area contributed by atoms with Crippen LogP contribution in [0.5, 0.6) is 0 Å². The Bertz CT molecular complexity index is 938. The summed E-state index contributed by atoms with van der Waals surface area (Å²) in [5.74, 6) is -0.286. The molecular weight excluding hydrogens is 390 g/mol. The molecule has 7 heteroatoms. The van der Waals surface area contributed by atoms with Gasteiger partial charge in [-0.15, -0.1) is 22.7 Å². The first-order chi connectivity index (χ1) is 13.7. The molecular formula is C21H21N3O2S2. The third kappa shape index (κ3) is 4.32. The highest BCUT2D eigenvalue weighted by molar-refractivity contribution is 7.10. The zero-order valence-corrected chi connectivity index (χ0v) is 16.9. The number of carbonyl (C=O) groups is 2. The molecule has 5 nitrogen and oxygen atoms in total. The Kier molecular flexibility index (Phi) is 5.85. The zero-order valence-electron chi connectivity index (χ0n) is 15.3. The second-order valence-electron chi connectivity index (χ2n) is 6.65. The van der Waals surface area contributed by atoms with Crippen molar-refractivity contribution in [2.24, 2.45) is 0 Å². The largest absolute Gasteiger partial charge is 0.334 e. The van der Waals surface area contributed by atoms with Crippen molar-refractivity contribution in [3.8, 4) is 0 Å². The fourth-order valence-electron chi connectivity index (χ4n) is 3.49. The molecule has 0 aliphatic carbocycles. The Morgan fingerprint density at radius 2 is 1.89 bits per heavy atom. The lowest BCUT2D eigenvalue weighted by atomic mass is 9.98. The quantitative estimate of drug-likeness (QED) is 0.672. The molecule has 0 saturated carbocycles. The van der Waals surface area contributed by atoms with Gasteiger partial charge in [-0.2, -0.15) is 0 Å². The number of imide groups is 1. The van der Waals surface area contributed by atoms with Crippen molar-refractivity contribution in [1.29, 1.82) is 0 Å². The molecule has 0 unspecified atom stereocenters. The molecule has 0 fully saturated rings. The Balaban J connectivity index is 1.37. The van der Waals surface area contributed by atoms with Crippen LogP contribution < -0.4 is 10.6 Å². The van der Waals surface area contributed by atoms with Crippen molar-refractivity contribution in [2.45, 2.75) is 19.0 Å². The SMILES string of the molecule is O=C(CN1CCc2sccc2[C@@H]1c1cccs1)NC(=O)NCc1ccccc1. The highest BCUT2D eigenvalue weighted by atomic mass is 32.1. The lowest BCUT2D eigenvalue weighted by Crippen LogP contribution is -2.46. The summed E-state index contributed by atoms with van der Waals surface area (Å²) >= 11 is 3.47. The lowest BCUT2D eigenvalue weighted by Gasteiger charge is -2.34. The number of carbonyl (C=O) groups excluding carboxylic acids is 2. The Morgan fingerprint density at radius 3 is 2.68 bits per heavy atom. The van der Waals surface area contributed by atoms with Gasteiger partial charge in [-0.05, 0) is 40.4 Å². The third-order valence-corrected chi connectivity index (χ3v) is 6.70. The summed E-state index contributed by atoms with van der Waals surface area (Å²) in [5, 5.41) is 9.37. The second kappa shape index (κ2) is 8.68. The fraction of sp³-hybridized carbons (Fsp3) is 0.238. The number of nitrogens with zero attached hydrogens (tertiary/aromatic N) is 1. The molecule has 1 aromatic carbocycles. The number of amides is 3. The van der Waals surface area contributed by atoms with Gasteiger partial charge in [-0.25, -0.2) is 4.79 Å². The number of rotatable bonds is 5. The molecule has 2 aromatic heterocycles. The van der Waals surface area contributed by atoms with Gasteiger partial charge < -0.3 is 5.32 Å². The van der Waals surface area contributed by atoms with Crippen LogP contribution in [-0.4, -0.2) is 29.9 Å². The summed E-state index contributed by atoms with van der Waals surface area (Å²) in [4.78, 5) is 29.3. The van der Waals surface area contributed by atoms with Crippen LogP contribution in [0.4, 0.5) is 4.79 Å². The first-order valence-electron chi connectivity index (χ1n) is 9.16. The number of thiophene rings is 2. The highest BCUT2D eigenvalue weighted by Crippen LogP contribution is 2.39. The highest BCUT2D eigenvalue weighted by Gasteiger charge is 2.31. The van der Waals surface area contributed by atoms with E-state index in [4.69, 9.17) is 0 Å². The van der Waals surface area contributed by atoms with E-state index in [1.165, 1.54) is 15.3 Å². The summed E-state index contributed by atoms with van der Waals surface area (Å²) in [6.45, 7) is 1.38. The van der Waals surface area contributed by atoms with Crippen molar-refractivity contribution in [3.05, 3.63) is 80.2 Å². The van der Waals surface area contributed by atoms with E-state index in [0.29, 0.717) is 6.54 Å². The van der Waals surface area contributed by atoms with Gasteiger partial charge in [0.05, 0.1) is 12.6 Å². The molecule has 3 aromatic rings. The summed E-state index contributed by atoms with van der Waals surface area (Å²) < 4.78 is 0. The molecule has 3 amide bonds. The molecule has 0 bridgehead atoms. The second-order valence-corrected chi connectivity index (χ2v) is 8.63. The zero-order chi connectivity index (χ0) is 19.3. The molecule has 28 heavy (non-hydrogen) atoms. The maximum atomic E-state index is 12.5. The number of urea groups is 1. The van der Waals surface area contributed by atoms with Crippen molar-refractivity contribution in [1.82, 2.24) is 15.5 Å². The Labute approximate surface area is 172 Å². The Hall–Kier alpha value is -2.48. The van der Waals surface area contributed by atoms with Crippen LogP contribution in [0.25, 0.3) is 0 Å². The van der Waals surface area contributed by atoms with Gasteiger partial charge in [0.25, 0.3) is 0 Å². The molecule has 1 atom stereocenters.